The van der Waals surface area contributed by atoms with Gasteiger partial charge >= 0.3 is 0 Å². The number of thiophene rings is 1. The first kappa shape index (κ1) is 23.6. The SMILES string of the molecule is Cc1nc2cc(-c3nc(-c4cc5n(n4)C(C)CNC5)c(C=C(F)/C=C/F)c4c(F)csc34)ccc2n1C. The zero-order valence-electron chi connectivity index (χ0n) is 20.4. The molecule has 0 spiro atoms. The van der Waals surface area contributed by atoms with Gasteiger partial charge in [0.05, 0.1) is 45.2 Å². The van der Waals surface area contributed by atoms with Crippen LogP contribution in [0.2, 0.25) is 0 Å². The van der Waals surface area contributed by atoms with Crippen LogP contribution in [0.15, 0.2) is 47.9 Å². The Hall–Kier alpha value is -3.76. The van der Waals surface area contributed by atoms with Crippen LogP contribution >= 0.6 is 11.3 Å². The zero-order valence-corrected chi connectivity index (χ0v) is 21.2. The van der Waals surface area contributed by atoms with Crippen molar-refractivity contribution in [1.29, 1.82) is 0 Å². The van der Waals surface area contributed by atoms with Gasteiger partial charge in [-0.1, -0.05) is 6.07 Å². The van der Waals surface area contributed by atoms with Crippen LogP contribution in [0.3, 0.4) is 0 Å². The summed E-state index contributed by atoms with van der Waals surface area (Å²) in [5, 5.41) is 9.72. The van der Waals surface area contributed by atoms with Gasteiger partial charge in [0.25, 0.3) is 0 Å². The number of aryl methyl sites for hydroxylation is 2. The Labute approximate surface area is 214 Å². The number of nitrogens with one attached hydrogen (secondary N) is 1. The topological polar surface area (TPSA) is 60.6 Å². The molecule has 1 aromatic carbocycles. The van der Waals surface area contributed by atoms with Crippen molar-refractivity contribution in [1.82, 2.24) is 29.6 Å². The van der Waals surface area contributed by atoms with Crippen LogP contribution < -0.4 is 5.32 Å². The maximum absolute atomic E-state index is 15.3. The molecule has 6 nitrogen and oxygen atoms in total. The normalized spacial score (nSPS) is 16.4. The van der Waals surface area contributed by atoms with Crippen molar-refractivity contribution in [3.63, 3.8) is 0 Å². The second-order valence-corrected chi connectivity index (χ2v) is 10.1. The Kier molecular flexibility index (Phi) is 5.73. The van der Waals surface area contributed by atoms with Crippen molar-refractivity contribution < 1.29 is 13.2 Å². The van der Waals surface area contributed by atoms with E-state index in [-0.39, 0.29) is 23.3 Å². The van der Waals surface area contributed by atoms with Crippen molar-refractivity contribution in [2.75, 3.05) is 6.54 Å². The molecule has 0 aliphatic carbocycles. The highest BCUT2D eigenvalue weighted by molar-refractivity contribution is 7.17. The molecule has 0 bridgehead atoms. The summed E-state index contributed by atoms with van der Waals surface area (Å²) in [6.07, 6.45) is 1.92. The van der Waals surface area contributed by atoms with Gasteiger partial charge < -0.3 is 9.88 Å². The fourth-order valence-corrected chi connectivity index (χ4v) is 5.85. The number of pyridine rings is 1. The lowest BCUT2D eigenvalue weighted by molar-refractivity contribution is 0.392. The van der Waals surface area contributed by atoms with Crippen LogP contribution in [-0.4, -0.2) is 30.9 Å². The third kappa shape index (κ3) is 3.87. The highest BCUT2D eigenvalue weighted by Gasteiger charge is 2.25. The number of aromatic nitrogens is 5. The smallest absolute Gasteiger partial charge is 0.142 e. The third-order valence-electron chi connectivity index (χ3n) is 6.81. The van der Waals surface area contributed by atoms with Gasteiger partial charge in [-0.15, -0.1) is 11.3 Å². The number of hydrogen-bond donors (Lipinski definition) is 1. The minimum Gasteiger partial charge on any atom is -0.331 e. The molecule has 6 rings (SSSR count). The molecule has 0 amide bonds. The summed E-state index contributed by atoms with van der Waals surface area (Å²) in [7, 11) is 1.95. The minimum atomic E-state index is -0.852. The molecular formula is C27H23F3N6S. The molecule has 1 N–H and O–H groups in total. The van der Waals surface area contributed by atoms with Crippen LogP contribution in [0, 0.1) is 12.7 Å². The quantitative estimate of drug-likeness (QED) is 0.271. The highest BCUT2D eigenvalue weighted by Crippen LogP contribution is 2.41. The van der Waals surface area contributed by atoms with Crippen LogP contribution in [0.5, 0.6) is 0 Å². The standard InChI is InChI=1S/C27H23F3N6S/c1-14-11-31-12-18-10-22(34-36(14)18)26-19(9-17(29)6-7-28)24-20(30)13-37-27(24)25(33-26)16-4-5-23-21(8-16)32-15(2)35(23)3/h4-10,13-14,31H,11-12H2,1-3H3/b7-6+,17-9?. The zero-order chi connectivity index (χ0) is 25.8. The average Bonchev–Trinajstić information content (AvgIpc) is 3.56. The van der Waals surface area contributed by atoms with Crippen molar-refractivity contribution >= 4 is 38.5 Å². The van der Waals surface area contributed by atoms with E-state index in [1.165, 1.54) is 16.7 Å². The van der Waals surface area contributed by atoms with Crippen molar-refractivity contribution in [3.8, 4) is 22.6 Å². The maximum atomic E-state index is 15.3. The fourth-order valence-electron chi connectivity index (χ4n) is 4.91. The third-order valence-corrected chi connectivity index (χ3v) is 7.77. The second kappa shape index (κ2) is 8.97. The molecule has 0 fully saturated rings. The molecule has 5 aromatic rings. The van der Waals surface area contributed by atoms with Crippen LogP contribution in [0.1, 0.15) is 30.0 Å². The summed E-state index contributed by atoms with van der Waals surface area (Å²) >= 11 is 1.19. The summed E-state index contributed by atoms with van der Waals surface area (Å²) in [5.74, 6) is -0.479. The van der Waals surface area contributed by atoms with Gasteiger partial charge in [0.15, 0.2) is 0 Å². The van der Waals surface area contributed by atoms with E-state index in [2.05, 4.69) is 10.3 Å². The van der Waals surface area contributed by atoms with Crippen molar-refractivity contribution in [2.24, 2.45) is 7.05 Å². The lowest BCUT2D eigenvalue weighted by Crippen LogP contribution is -2.31. The van der Waals surface area contributed by atoms with Crippen LogP contribution in [0.25, 0.3) is 49.8 Å². The van der Waals surface area contributed by atoms with E-state index >= 15 is 4.39 Å². The Balaban J connectivity index is 1.66. The number of rotatable bonds is 4. The number of halogens is 3. The number of nitrogens with zero attached hydrogens (tertiary/aromatic N) is 5. The first-order chi connectivity index (χ1) is 17.9. The van der Waals surface area contributed by atoms with Gasteiger partial charge in [0, 0.05) is 48.1 Å². The first-order valence-electron chi connectivity index (χ1n) is 11.8. The lowest BCUT2D eigenvalue weighted by atomic mass is 10.0. The Morgan fingerprint density at radius 3 is 2.84 bits per heavy atom. The number of imidazole rings is 1. The number of allylic oxidation sites excluding steroid dienone is 2. The van der Waals surface area contributed by atoms with E-state index in [1.54, 1.807) is 0 Å². The minimum absolute atomic E-state index is 0.110. The van der Waals surface area contributed by atoms with E-state index in [4.69, 9.17) is 10.1 Å². The molecule has 4 aromatic heterocycles. The Morgan fingerprint density at radius 2 is 2.05 bits per heavy atom. The largest absolute Gasteiger partial charge is 0.331 e. The van der Waals surface area contributed by atoms with Crippen molar-refractivity contribution in [2.45, 2.75) is 26.4 Å². The summed E-state index contributed by atoms with van der Waals surface area (Å²) < 4.78 is 47.2. The molecule has 188 valence electrons. The average molecular weight is 521 g/mol. The Bertz CT molecular complexity index is 1740. The highest BCUT2D eigenvalue weighted by atomic mass is 32.1. The van der Waals surface area contributed by atoms with E-state index in [0.29, 0.717) is 34.4 Å². The molecule has 1 unspecified atom stereocenters. The lowest BCUT2D eigenvalue weighted by Gasteiger charge is -2.21. The fraction of sp³-hybridized carbons (Fsp3) is 0.222. The first-order valence-corrected chi connectivity index (χ1v) is 12.7. The van der Waals surface area contributed by atoms with E-state index in [9.17, 15) is 8.78 Å². The molecule has 0 radical (unpaired) electrons. The molecule has 0 saturated heterocycles. The monoisotopic (exact) mass is 520 g/mol. The molecule has 0 saturated carbocycles. The van der Waals surface area contributed by atoms with Gasteiger partial charge in [-0.2, -0.15) is 5.10 Å². The van der Waals surface area contributed by atoms with E-state index in [0.717, 1.165) is 40.7 Å². The predicted molar refractivity (Wildman–Crippen MR) is 141 cm³/mol. The predicted octanol–water partition coefficient (Wildman–Crippen LogP) is 6.62. The molecular weight excluding hydrogens is 497 g/mol. The van der Waals surface area contributed by atoms with Gasteiger partial charge in [0.2, 0.25) is 0 Å². The number of fused-ring (bicyclic) bond motifs is 3. The summed E-state index contributed by atoms with van der Waals surface area (Å²) in [4.78, 5) is 9.59. The van der Waals surface area contributed by atoms with Crippen LogP contribution in [-0.2, 0) is 13.6 Å². The molecule has 10 heteroatoms. The van der Waals surface area contributed by atoms with Gasteiger partial charge in [-0.3, -0.25) is 4.68 Å². The van der Waals surface area contributed by atoms with Gasteiger partial charge in [-0.25, -0.2) is 23.1 Å². The molecule has 1 atom stereocenters. The maximum Gasteiger partial charge on any atom is 0.142 e. The van der Waals surface area contributed by atoms with Gasteiger partial charge in [0.1, 0.15) is 23.2 Å². The van der Waals surface area contributed by atoms with Crippen molar-refractivity contribution in [3.05, 3.63) is 70.8 Å². The summed E-state index contributed by atoms with van der Waals surface area (Å²) in [6, 6.07) is 7.81. The van der Waals surface area contributed by atoms with E-state index < -0.39 is 11.6 Å². The van der Waals surface area contributed by atoms with Crippen LogP contribution in [0.4, 0.5) is 13.2 Å². The van der Waals surface area contributed by atoms with Gasteiger partial charge in [-0.05, 0) is 38.1 Å². The summed E-state index contributed by atoms with van der Waals surface area (Å²) in [5.41, 5.74) is 5.08. The molecule has 5 heterocycles. The second-order valence-electron chi connectivity index (χ2n) is 9.20. The number of hydrogen-bond acceptors (Lipinski definition) is 5. The molecule has 37 heavy (non-hydrogen) atoms. The molecule has 1 aliphatic heterocycles. The number of benzene rings is 1. The summed E-state index contributed by atoms with van der Waals surface area (Å²) in [6.45, 7) is 5.36. The van der Waals surface area contributed by atoms with E-state index in [1.807, 2.05) is 54.4 Å². The molecule has 1 aliphatic rings. The Morgan fingerprint density at radius 1 is 1.22 bits per heavy atom.